The van der Waals surface area contributed by atoms with Gasteiger partial charge in [0.2, 0.25) is 6.04 Å². The number of carboxylic acid groups (broad SMARTS) is 1. The topological polar surface area (TPSA) is 194 Å². The number of carboxylic acids is 1. The maximum atomic E-state index is 12.9. The molecule has 0 bridgehead atoms. The summed E-state index contributed by atoms with van der Waals surface area (Å²) in [5.41, 5.74) is 11.7. The normalized spacial score (nSPS) is 20.2. The molecule has 0 aliphatic carbocycles. The molecule has 1 unspecified atom stereocenters. The van der Waals surface area contributed by atoms with Crippen LogP contribution in [0.15, 0.2) is 39.0 Å². The number of nitroso groups, excluding NO2 is 1. The van der Waals surface area contributed by atoms with Crippen LogP contribution in [-0.4, -0.2) is 56.4 Å². The summed E-state index contributed by atoms with van der Waals surface area (Å²) in [6.07, 6.45) is 2.94. The maximum absolute atomic E-state index is 12.9. The Morgan fingerprint density at radius 3 is 2.86 bits per heavy atom. The van der Waals surface area contributed by atoms with Crippen LogP contribution in [0.1, 0.15) is 30.3 Å². The lowest BCUT2D eigenvalue weighted by Crippen LogP contribution is -2.71. The number of allylic oxidation sites excluding steroid dienone is 1. The van der Waals surface area contributed by atoms with E-state index in [9.17, 15) is 24.4 Å². The van der Waals surface area contributed by atoms with Gasteiger partial charge in [-0.05, 0) is 36.7 Å². The average molecular weight is 538 g/mol. The van der Waals surface area contributed by atoms with E-state index in [1.54, 1.807) is 12.3 Å². The number of nitrogens with one attached hydrogen (secondary N) is 1. The van der Waals surface area contributed by atoms with Crippen molar-refractivity contribution in [1.29, 1.82) is 0 Å². The minimum Gasteiger partial charge on any atom is -0.477 e. The third-order valence-electron chi connectivity index (χ3n) is 5.59. The quantitative estimate of drug-likeness (QED) is 0.270. The number of rotatable bonds is 9. The Morgan fingerprint density at radius 1 is 1.46 bits per heavy atom. The molecule has 0 saturated carbocycles. The molecule has 2 aliphatic rings. The second kappa shape index (κ2) is 10.3. The lowest BCUT2D eigenvalue weighted by molar-refractivity contribution is -0.156. The summed E-state index contributed by atoms with van der Waals surface area (Å²) >= 11 is 8.12. The van der Waals surface area contributed by atoms with E-state index in [0.29, 0.717) is 30.7 Å². The number of thiazole rings is 1. The monoisotopic (exact) mass is 537 g/mol. The number of hydrogen-bond donors (Lipinski definition) is 4. The molecule has 35 heavy (non-hydrogen) atoms. The summed E-state index contributed by atoms with van der Waals surface area (Å²) in [5.74, 6) is -2.72. The Balaban J connectivity index is 1.54. The van der Waals surface area contributed by atoms with Crippen molar-refractivity contribution in [3.8, 4) is 0 Å². The minimum atomic E-state index is -1.59. The van der Waals surface area contributed by atoms with Crippen molar-refractivity contribution < 1.29 is 19.5 Å². The first-order chi connectivity index (χ1) is 16.8. The van der Waals surface area contributed by atoms with Gasteiger partial charge in [0.05, 0.1) is 11.7 Å². The number of pyridine rings is 1. The molecular formula is C20H20ClN7O5S2. The zero-order valence-corrected chi connectivity index (χ0v) is 20.4. The van der Waals surface area contributed by atoms with Gasteiger partial charge in [-0.2, -0.15) is 0 Å². The molecule has 0 radical (unpaired) electrons. The fourth-order valence-corrected chi connectivity index (χ4v) is 6.21. The summed E-state index contributed by atoms with van der Waals surface area (Å²) < 4.78 is 0.0450. The van der Waals surface area contributed by atoms with Gasteiger partial charge in [-0.15, -0.1) is 4.91 Å². The average Bonchev–Trinajstić information content (AvgIpc) is 3.16. The summed E-state index contributed by atoms with van der Waals surface area (Å²) in [6, 6.07) is 0.393. The van der Waals surface area contributed by atoms with Crippen LogP contribution in [0.3, 0.4) is 0 Å². The van der Waals surface area contributed by atoms with Crippen LogP contribution >= 0.6 is 34.7 Å². The number of hydrogen-bond acceptors (Lipinski definition) is 11. The fraction of sp³-hybridized carbons (Fsp3) is 0.350. The number of aromatic nitrogens is 2. The minimum absolute atomic E-state index is 0.0450. The van der Waals surface area contributed by atoms with E-state index in [1.165, 1.54) is 16.7 Å². The largest absolute Gasteiger partial charge is 0.477 e. The van der Waals surface area contributed by atoms with Gasteiger partial charge in [0.1, 0.15) is 21.8 Å². The number of carbonyl (C=O) groups is 3. The molecule has 0 aromatic carbocycles. The van der Waals surface area contributed by atoms with Gasteiger partial charge < -0.3 is 21.9 Å². The van der Waals surface area contributed by atoms with Crippen LogP contribution in [0, 0.1) is 4.91 Å². The van der Waals surface area contributed by atoms with E-state index in [-0.39, 0.29) is 20.9 Å². The summed E-state index contributed by atoms with van der Waals surface area (Å²) in [7, 11) is 0. The van der Waals surface area contributed by atoms with E-state index in [0.717, 1.165) is 21.9 Å². The predicted molar refractivity (Wildman–Crippen MR) is 129 cm³/mol. The maximum Gasteiger partial charge on any atom is 0.353 e. The molecule has 2 amide bonds. The lowest BCUT2D eigenvalue weighted by atomic mass is 9.86. The highest BCUT2D eigenvalue weighted by molar-refractivity contribution is 8.03. The zero-order chi connectivity index (χ0) is 25.3. The Labute approximate surface area is 212 Å². The van der Waals surface area contributed by atoms with E-state index in [2.05, 4.69) is 20.5 Å². The number of nitrogens with zero attached hydrogens (tertiary/aromatic N) is 4. The number of halogens is 1. The van der Waals surface area contributed by atoms with Crippen LogP contribution in [0.2, 0.25) is 4.34 Å². The van der Waals surface area contributed by atoms with Crippen LogP contribution in [0.4, 0.5) is 5.13 Å². The van der Waals surface area contributed by atoms with Crippen molar-refractivity contribution in [1.82, 2.24) is 20.2 Å². The number of nitrogens with two attached hydrogens (primary N) is 2. The van der Waals surface area contributed by atoms with Crippen LogP contribution in [0.5, 0.6) is 0 Å². The second-order valence-electron chi connectivity index (χ2n) is 7.69. The molecule has 4 heterocycles. The highest BCUT2D eigenvalue weighted by atomic mass is 35.5. The first kappa shape index (κ1) is 25.0. The fourth-order valence-electron chi connectivity index (χ4n) is 4.05. The molecule has 6 N–H and O–H groups in total. The number of nitrogen functional groups attached to an aromatic ring is 1. The van der Waals surface area contributed by atoms with Crippen molar-refractivity contribution in [2.75, 3.05) is 12.3 Å². The molecule has 1 saturated heterocycles. The Hall–Kier alpha value is -3.07. The van der Waals surface area contributed by atoms with Gasteiger partial charge in [0.25, 0.3) is 11.8 Å². The molecule has 184 valence electrons. The van der Waals surface area contributed by atoms with Crippen LogP contribution < -0.4 is 16.8 Å². The first-order valence-electron chi connectivity index (χ1n) is 10.4. The number of β-lactam (4-membered cyclic amide) rings is 1. The molecule has 1 fully saturated rings. The van der Waals surface area contributed by atoms with E-state index < -0.39 is 35.9 Å². The SMILES string of the molecule is NCCc1ncccc1SC1=C(C(=O)O)N2C(=O)[C@@H](NC(=O)C(N=O)c3nc(N)sc3Cl)[C@H]2CC1. The number of carbonyl (C=O) groups excluding carboxylic acids is 2. The Bertz CT molecular complexity index is 1240. The predicted octanol–water partition coefficient (Wildman–Crippen LogP) is 1.66. The van der Waals surface area contributed by atoms with Crippen molar-refractivity contribution in [2.24, 2.45) is 10.9 Å². The zero-order valence-electron chi connectivity index (χ0n) is 18.0. The molecule has 4 rings (SSSR count). The standard InChI is InChI=1S/C20H20ClN7O5S2/c21-16-13(26-20(23)35-16)14(27-33)17(29)25-12-9-3-4-11(15(19(31)32)28(9)18(12)30)34-10-2-1-7-24-8(10)5-6-22/h1-2,7,9,12,14H,3-6,22H2,(H2,23,26)(H,25,29)(H,31,32)/t9-,12+,14?/m1/s1. The third kappa shape index (κ3) is 4.74. The van der Waals surface area contributed by atoms with Gasteiger partial charge in [-0.3, -0.25) is 19.5 Å². The number of thioether (sulfide) groups is 1. The van der Waals surface area contributed by atoms with Gasteiger partial charge in [-0.25, -0.2) is 9.78 Å². The van der Waals surface area contributed by atoms with E-state index in [1.807, 2.05) is 6.07 Å². The highest BCUT2D eigenvalue weighted by Gasteiger charge is 2.54. The molecule has 12 nitrogen and oxygen atoms in total. The third-order valence-corrected chi connectivity index (χ3v) is 7.94. The van der Waals surface area contributed by atoms with Crippen molar-refractivity contribution in [3.63, 3.8) is 0 Å². The molecule has 3 atom stereocenters. The van der Waals surface area contributed by atoms with Gasteiger partial charge in [0, 0.05) is 22.4 Å². The summed E-state index contributed by atoms with van der Waals surface area (Å²) in [4.78, 5) is 59.8. The molecular weight excluding hydrogens is 518 g/mol. The number of amides is 2. The second-order valence-corrected chi connectivity index (χ2v) is 10.5. The number of fused-ring (bicyclic) bond motifs is 1. The van der Waals surface area contributed by atoms with Gasteiger partial charge >= 0.3 is 5.97 Å². The first-order valence-corrected chi connectivity index (χ1v) is 12.4. The smallest absolute Gasteiger partial charge is 0.353 e. The van der Waals surface area contributed by atoms with E-state index >= 15 is 0 Å². The highest BCUT2D eigenvalue weighted by Crippen LogP contribution is 2.44. The van der Waals surface area contributed by atoms with Gasteiger partial charge in [0.15, 0.2) is 5.13 Å². The lowest BCUT2D eigenvalue weighted by Gasteiger charge is -2.50. The Morgan fingerprint density at radius 2 is 2.23 bits per heavy atom. The summed E-state index contributed by atoms with van der Waals surface area (Å²) in [6.45, 7) is 0.388. The van der Waals surface area contributed by atoms with Crippen molar-refractivity contribution in [3.05, 3.63) is 49.6 Å². The van der Waals surface area contributed by atoms with Crippen molar-refractivity contribution in [2.45, 2.75) is 42.3 Å². The molecule has 15 heteroatoms. The van der Waals surface area contributed by atoms with Crippen LogP contribution in [0.25, 0.3) is 0 Å². The number of aliphatic carboxylic acids is 1. The van der Waals surface area contributed by atoms with Crippen molar-refractivity contribution >= 4 is 57.6 Å². The van der Waals surface area contributed by atoms with Gasteiger partial charge in [-0.1, -0.05) is 34.7 Å². The molecule has 2 aromatic heterocycles. The number of anilines is 1. The molecule has 0 spiro atoms. The van der Waals surface area contributed by atoms with E-state index in [4.69, 9.17) is 23.1 Å². The Kier molecular flexibility index (Phi) is 7.35. The molecule has 2 aromatic rings. The summed E-state index contributed by atoms with van der Waals surface area (Å²) in [5, 5.41) is 15.3. The van der Waals surface area contributed by atoms with Crippen LogP contribution in [-0.2, 0) is 20.8 Å². The molecule has 2 aliphatic heterocycles.